The number of anilines is 2. The van der Waals surface area contributed by atoms with Crippen LogP contribution in [0.25, 0.3) is 10.8 Å². The van der Waals surface area contributed by atoms with Gasteiger partial charge in [0.1, 0.15) is 0 Å². The van der Waals surface area contributed by atoms with E-state index in [-0.39, 0.29) is 47.0 Å². The molecule has 3 fully saturated rings. The van der Waals surface area contributed by atoms with E-state index in [0.29, 0.717) is 11.4 Å². The highest BCUT2D eigenvalue weighted by Gasteiger charge is 2.64. The van der Waals surface area contributed by atoms with Crippen LogP contribution in [0.3, 0.4) is 0 Å². The maximum absolute atomic E-state index is 13.7. The van der Waals surface area contributed by atoms with Gasteiger partial charge < -0.3 is 10.1 Å². The summed E-state index contributed by atoms with van der Waals surface area (Å²) in [4.78, 5) is 53.9. The van der Waals surface area contributed by atoms with Gasteiger partial charge in [0.15, 0.2) is 6.61 Å². The summed E-state index contributed by atoms with van der Waals surface area (Å²) in [6, 6.07) is 29.8. The van der Waals surface area contributed by atoms with Crippen molar-refractivity contribution in [3.8, 4) is 0 Å². The number of carbonyl (C=O) groups is 4. The summed E-state index contributed by atoms with van der Waals surface area (Å²) < 4.78 is 5.29. The van der Waals surface area contributed by atoms with Gasteiger partial charge in [0, 0.05) is 11.1 Å². The maximum atomic E-state index is 13.7. The maximum Gasteiger partial charge on any atom is 0.338 e. The SMILES string of the molecule is O=C(COC(=O)c1cccc(N2C(=O)[C@@H]3[C@@H]4C[C@@H]([C@@H]3C2=O)[C@@H](c2ccccc2)C4)c1)Nc1cccc2ccccc12. The van der Waals surface area contributed by atoms with Gasteiger partial charge in [-0.25, -0.2) is 4.79 Å². The van der Waals surface area contributed by atoms with Gasteiger partial charge in [0.2, 0.25) is 11.8 Å². The van der Waals surface area contributed by atoms with Crippen LogP contribution in [0.5, 0.6) is 0 Å². The second kappa shape index (κ2) is 10.0. The topological polar surface area (TPSA) is 92.8 Å². The van der Waals surface area contributed by atoms with Gasteiger partial charge in [-0.2, -0.15) is 0 Å². The minimum absolute atomic E-state index is 0.141. The third kappa shape index (κ3) is 4.29. The number of nitrogens with one attached hydrogen (secondary N) is 1. The first-order chi connectivity index (χ1) is 20.0. The van der Waals surface area contributed by atoms with E-state index in [1.807, 2.05) is 54.6 Å². The Bertz CT molecular complexity index is 1690. The van der Waals surface area contributed by atoms with Crippen LogP contribution >= 0.6 is 0 Å². The molecular weight excluding hydrogens is 516 g/mol. The van der Waals surface area contributed by atoms with Crippen LogP contribution in [0.4, 0.5) is 11.4 Å². The fourth-order valence-electron chi connectivity index (χ4n) is 7.30. The van der Waals surface area contributed by atoms with Gasteiger partial charge >= 0.3 is 5.97 Å². The predicted molar refractivity (Wildman–Crippen MR) is 154 cm³/mol. The Morgan fingerprint density at radius 1 is 0.805 bits per heavy atom. The van der Waals surface area contributed by atoms with Gasteiger partial charge in [0.25, 0.3) is 5.91 Å². The van der Waals surface area contributed by atoms with Gasteiger partial charge in [-0.3, -0.25) is 19.3 Å². The van der Waals surface area contributed by atoms with Crippen molar-refractivity contribution in [2.45, 2.75) is 18.8 Å². The molecule has 3 amide bonds. The number of hydrogen-bond donors (Lipinski definition) is 1. The largest absolute Gasteiger partial charge is 0.452 e. The van der Waals surface area contributed by atoms with Crippen LogP contribution in [0.15, 0.2) is 97.1 Å². The highest BCUT2D eigenvalue weighted by molar-refractivity contribution is 6.23. The Labute approximate surface area is 237 Å². The smallest absolute Gasteiger partial charge is 0.338 e. The van der Waals surface area contributed by atoms with Crippen LogP contribution in [0.2, 0.25) is 0 Å². The van der Waals surface area contributed by atoms with Gasteiger partial charge in [0.05, 0.1) is 23.1 Å². The van der Waals surface area contributed by atoms with Crippen LogP contribution in [-0.2, 0) is 19.1 Å². The van der Waals surface area contributed by atoms with Crippen LogP contribution < -0.4 is 10.2 Å². The van der Waals surface area contributed by atoms with E-state index in [0.717, 1.165) is 23.6 Å². The van der Waals surface area contributed by atoms with E-state index >= 15 is 0 Å². The summed E-state index contributed by atoms with van der Waals surface area (Å²) in [5.74, 6) is -1.57. The monoisotopic (exact) mass is 544 g/mol. The van der Waals surface area contributed by atoms with Crippen molar-refractivity contribution in [2.24, 2.45) is 23.7 Å². The second-order valence-corrected chi connectivity index (χ2v) is 11.2. The molecule has 204 valence electrons. The molecular formula is C34H28N2O5. The number of rotatable bonds is 6. The number of amides is 3. The highest BCUT2D eigenvalue weighted by atomic mass is 16.5. The Balaban J connectivity index is 1.04. The number of nitrogens with zero attached hydrogens (tertiary/aromatic N) is 1. The molecule has 3 aliphatic rings. The molecule has 1 heterocycles. The molecule has 5 atom stereocenters. The summed E-state index contributed by atoms with van der Waals surface area (Å²) in [6.07, 6.45) is 1.81. The first-order valence-corrected chi connectivity index (χ1v) is 14.0. The minimum atomic E-state index is -0.705. The second-order valence-electron chi connectivity index (χ2n) is 11.2. The lowest BCUT2D eigenvalue weighted by Crippen LogP contribution is -2.33. The quantitative estimate of drug-likeness (QED) is 0.253. The number of imide groups is 1. The summed E-state index contributed by atoms with van der Waals surface area (Å²) >= 11 is 0. The third-order valence-electron chi connectivity index (χ3n) is 8.98. The van der Waals surface area contributed by atoms with Crippen molar-refractivity contribution in [3.63, 3.8) is 0 Å². The highest BCUT2D eigenvalue weighted by Crippen LogP contribution is 2.61. The number of carbonyl (C=O) groups excluding carboxylic acids is 4. The first kappa shape index (κ1) is 25.2. The molecule has 41 heavy (non-hydrogen) atoms. The van der Waals surface area contributed by atoms with Gasteiger partial charge in [-0.15, -0.1) is 0 Å². The molecule has 7 rings (SSSR count). The Morgan fingerprint density at radius 2 is 1.54 bits per heavy atom. The Morgan fingerprint density at radius 3 is 2.39 bits per heavy atom. The van der Waals surface area contributed by atoms with E-state index in [4.69, 9.17) is 4.74 Å². The Hall–Kier alpha value is -4.78. The molecule has 2 saturated carbocycles. The van der Waals surface area contributed by atoms with Crippen LogP contribution in [0.1, 0.15) is 34.7 Å². The van der Waals surface area contributed by atoms with Gasteiger partial charge in [-0.05, 0) is 65.8 Å². The number of esters is 1. The van der Waals surface area contributed by atoms with Crippen LogP contribution in [-0.4, -0.2) is 30.3 Å². The summed E-state index contributed by atoms with van der Waals surface area (Å²) in [5, 5.41) is 4.67. The molecule has 0 radical (unpaired) electrons. The molecule has 0 unspecified atom stereocenters. The van der Waals surface area contributed by atoms with Crippen molar-refractivity contribution in [1.29, 1.82) is 0 Å². The summed E-state index contributed by atoms with van der Waals surface area (Å²) in [6.45, 7) is -0.470. The molecule has 4 aromatic carbocycles. The molecule has 1 saturated heterocycles. The zero-order valence-electron chi connectivity index (χ0n) is 22.2. The zero-order valence-corrected chi connectivity index (χ0v) is 22.2. The number of benzene rings is 4. The van der Waals surface area contributed by atoms with E-state index < -0.39 is 18.5 Å². The summed E-state index contributed by atoms with van der Waals surface area (Å²) in [7, 11) is 0. The van der Waals surface area contributed by atoms with Crippen LogP contribution in [0, 0.1) is 23.7 Å². The minimum Gasteiger partial charge on any atom is -0.452 e. The van der Waals surface area contributed by atoms with Gasteiger partial charge in [-0.1, -0.05) is 72.8 Å². The third-order valence-corrected chi connectivity index (χ3v) is 8.98. The van der Waals surface area contributed by atoms with Crippen molar-refractivity contribution >= 4 is 45.8 Å². The van der Waals surface area contributed by atoms with E-state index in [1.165, 1.54) is 16.5 Å². The molecule has 2 aliphatic carbocycles. The number of hydrogen-bond acceptors (Lipinski definition) is 5. The van der Waals surface area contributed by atoms with E-state index in [1.54, 1.807) is 24.3 Å². The van der Waals surface area contributed by atoms with Crippen molar-refractivity contribution < 1.29 is 23.9 Å². The lowest BCUT2D eigenvalue weighted by atomic mass is 9.73. The average molecular weight is 545 g/mol. The average Bonchev–Trinajstić information content (AvgIpc) is 3.67. The molecule has 1 aliphatic heterocycles. The fourth-order valence-corrected chi connectivity index (χ4v) is 7.30. The van der Waals surface area contributed by atoms with Crippen molar-refractivity contribution in [3.05, 3.63) is 108 Å². The Kier molecular flexibility index (Phi) is 6.15. The molecule has 7 heteroatoms. The number of fused-ring (bicyclic) bond motifs is 6. The molecule has 1 N–H and O–H groups in total. The predicted octanol–water partition coefficient (Wildman–Crippen LogP) is 5.56. The normalized spacial score (nSPS) is 24.5. The first-order valence-electron chi connectivity index (χ1n) is 14.0. The molecule has 0 aromatic heterocycles. The van der Waals surface area contributed by atoms with Crippen molar-refractivity contribution in [2.75, 3.05) is 16.8 Å². The van der Waals surface area contributed by atoms with E-state index in [2.05, 4.69) is 17.4 Å². The molecule has 0 spiro atoms. The molecule has 7 nitrogen and oxygen atoms in total. The lowest BCUT2D eigenvalue weighted by molar-refractivity contribution is -0.123. The fraction of sp³-hybridized carbons (Fsp3) is 0.235. The molecule has 4 aromatic rings. The zero-order chi connectivity index (χ0) is 28.1. The number of ether oxygens (including phenoxy) is 1. The van der Waals surface area contributed by atoms with Crippen molar-refractivity contribution in [1.82, 2.24) is 0 Å². The lowest BCUT2D eigenvalue weighted by Gasteiger charge is -2.28. The van der Waals surface area contributed by atoms with E-state index in [9.17, 15) is 19.2 Å². The standard InChI is InChI=1S/C34H28N2O5/c37-29(35-28-15-7-11-20-10-4-5-14-25(20)28)19-41-34(40)22-12-6-13-24(16-22)36-32(38)30-23-17-26(21-8-2-1-3-9-21)27(18-23)31(30)33(36)39/h1-16,23,26-27,30-31H,17-19H2,(H,35,37)/t23-,26+,27+,30+,31-/m0/s1. The summed E-state index contributed by atoms with van der Waals surface area (Å²) in [5.41, 5.74) is 2.39. The molecule has 2 bridgehead atoms.